The molecule has 2 aromatic rings. The van der Waals surface area contributed by atoms with Gasteiger partial charge < -0.3 is 14.8 Å². The lowest BCUT2D eigenvalue weighted by atomic mass is 10.1. The Hall–Kier alpha value is -1.20. The van der Waals surface area contributed by atoms with Gasteiger partial charge in [-0.05, 0) is 37.5 Å². The third kappa shape index (κ3) is 7.21. The van der Waals surface area contributed by atoms with Crippen LogP contribution in [0.1, 0.15) is 31.4 Å². The normalized spacial score (nSPS) is 16.4. The minimum absolute atomic E-state index is 0. The van der Waals surface area contributed by atoms with E-state index in [0.717, 1.165) is 62.5 Å². The van der Waals surface area contributed by atoms with Crippen LogP contribution in [0, 0.1) is 0 Å². The van der Waals surface area contributed by atoms with Crippen LogP contribution in [-0.4, -0.2) is 70.3 Å². The number of halogens is 2. The number of aromatic nitrogens is 3. The Morgan fingerprint density at radius 1 is 1.10 bits per heavy atom. The summed E-state index contributed by atoms with van der Waals surface area (Å²) in [5, 5.41) is 11.2. The third-order valence-corrected chi connectivity index (χ3v) is 5.85. The minimum atomic E-state index is 0. The van der Waals surface area contributed by atoms with Gasteiger partial charge in [-0.25, -0.2) is 0 Å². The van der Waals surface area contributed by atoms with E-state index in [9.17, 15) is 0 Å². The predicted octanol–water partition coefficient (Wildman–Crippen LogP) is 3.39. The smallest absolute Gasteiger partial charge is 0.193 e. The molecule has 1 fully saturated rings. The van der Waals surface area contributed by atoms with Crippen molar-refractivity contribution < 1.29 is 0 Å². The highest BCUT2D eigenvalue weighted by Gasteiger charge is 2.23. The highest BCUT2D eigenvalue weighted by molar-refractivity contribution is 14.0. The van der Waals surface area contributed by atoms with E-state index in [1.54, 1.807) is 12.7 Å². The Labute approximate surface area is 199 Å². The molecule has 9 heteroatoms. The standard InChI is InChI=1S/C20H30BrN7.HI/c1-17(18-5-7-19(21)8-6-18)27-11-13-28(14-12-27)20(22-2)23-9-3-4-10-26-15-24-25-16-26;/h5-8,15-17H,3-4,9-14H2,1-2H3,(H,22,23);1H. The Kier molecular flexibility index (Phi) is 10.4. The lowest BCUT2D eigenvalue weighted by Gasteiger charge is -2.39. The van der Waals surface area contributed by atoms with E-state index in [-0.39, 0.29) is 24.0 Å². The molecule has 1 N–H and O–H groups in total. The van der Waals surface area contributed by atoms with Crippen LogP contribution in [0.25, 0.3) is 0 Å². The fourth-order valence-electron chi connectivity index (χ4n) is 3.56. The highest BCUT2D eigenvalue weighted by Crippen LogP contribution is 2.23. The lowest BCUT2D eigenvalue weighted by Crippen LogP contribution is -2.52. The van der Waals surface area contributed by atoms with E-state index >= 15 is 0 Å². The molecule has 1 unspecified atom stereocenters. The van der Waals surface area contributed by atoms with Crippen LogP contribution >= 0.6 is 39.9 Å². The number of aliphatic imine (C=N–C) groups is 1. The summed E-state index contributed by atoms with van der Waals surface area (Å²) < 4.78 is 3.14. The fourth-order valence-corrected chi connectivity index (χ4v) is 3.83. The maximum Gasteiger partial charge on any atom is 0.193 e. The van der Waals surface area contributed by atoms with Crippen molar-refractivity contribution in [3.63, 3.8) is 0 Å². The molecule has 1 saturated heterocycles. The molecule has 1 aliphatic rings. The molecule has 1 aromatic heterocycles. The number of piperazine rings is 1. The van der Waals surface area contributed by atoms with Gasteiger partial charge in [0.05, 0.1) is 0 Å². The van der Waals surface area contributed by atoms with E-state index in [0.29, 0.717) is 6.04 Å². The largest absolute Gasteiger partial charge is 0.356 e. The van der Waals surface area contributed by atoms with Gasteiger partial charge >= 0.3 is 0 Å². The molecule has 1 aliphatic heterocycles. The van der Waals surface area contributed by atoms with Gasteiger partial charge in [0, 0.05) is 56.8 Å². The third-order valence-electron chi connectivity index (χ3n) is 5.32. The van der Waals surface area contributed by atoms with E-state index in [4.69, 9.17) is 0 Å². The van der Waals surface area contributed by atoms with Crippen molar-refractivity contribution in [1.29, 1.82) is 0 Å². The number of rotatable bonds is 7. The molecule has 1 aromatic carbocycles. The SMILES string of the molecule is CN=C(NCCCCn1cnnc1)N1CCN(C(C)c2ccc(Br)cc2)CC1.I. The number of hydrogen-bond donors (Lipinski definition) is 1. The summed E-state index contributed by atoms with van der Waals surface area (Å²) in [5.74, 6) is 1.01. The lowest BCUT2D eigenvalue weighted by molar-refractivity contribution is 0.138. The van der Waals surface area contributed by atoms with E-state index in [2.05, 4.69) is 77.4 Å². The Balaban J connectivity index is 0.00000300. The molecule has 0 radical (unpaired) electrons. The van der Waals surface area contributed by atoms with Crippen molar-refractivity contribution in [2.24, 2.45) is 4.99 Å². The topological polar surface area (TPSA) is 61.6 Å². The van der Waals surface area contributed by atoms with Crippen molar-refractivity contribution in [2.45, 2.75) is 32.4 Å². The second kappa shape index (κ2) is 12.5. The average Bonchev–Trinajstić information content (AvgIpc) is 3.24. The number of aryl methyl sites for hydroxylation is 1. The molecule has 160 valence electrons. The van der Waals surface area contributed by atoms with Crippen molar-refractivity contribution in [3.8, 4) is 0 Å². The quantitative estimate of drug-likeness (QED) is 0.237. The van der Waals surface area contributed by atoms with Crippen LogP contribution in [-0.2, 0) is 6.54 Å². The summed E-state index contributed by atoms with van der Waals surface area (Å²) in [4.78, 5) is 9.39. The van der Waals surface area contributed by atoms with Crippen LogP contribution in [0.15, 0.2) is 46.4 Å². The molecule has 0 saturated carbocycles. The maximum absolute atomic E-state index is 4.48. The van der Waals surface area contributed by atoms with Gasteiger partial charge in [-0.3, -0.25) is 9.89 Å². The number of benzene rings is 1. The van der Waals surface area contributed by atoms with Crippen LogP contribution in [0.4, 0.5) is 0 Å². The highest BCUT2D eigenvalue weighted by atomic mass is 127. The Morgan fingerprint density at radius 2 is 1.76 bits per heavy atom. The van der Waals surface area contributed by atoms with Crippen molar-refractivity contribution in [3.05, 3.63) is 47.0 Å². The number of hydrogen-bond acceptors (Lipinski definition) is 4. The molecular weight excluding hydrogens is 545 g/mol. The maximum atomic E-state index is 4.48. The van der Waals surface area contributed by atoms with Crippen LogP contribution in [0.5, 0.6) is 0 Å². The molecule has 2 heterocycles. The number of guanidine groups is 1. The van der Waals surface area contributed by atoms with Gasteiger partial charge in [0.15, 0.2) is 5.96 Å². The first-order valence-corrected chi connectivity index (χ1v) is 10.7. The zero-order chi connectivity index (χ0) is 19.8. The first-order valence-electron chi connectivity index (χ1n) is 9.95. The van der Waals surface area contributed by atoms with E-state index < -0.39 is 0 Å². The molecule has 29 heavy (non-hydrogen) atoms. The van der Waals surface area contributed by atoms with E-state index in [1.807, 2.05) is 11.6 Å². The molecular formula is C20H31BrIN7. The number of unbranched alkanes of at least 4 members (excludes halogenated alkanes) is 1. The summed E-state index contributed by atoms with van der Waals surface area (Å²) in [7, 11) is 1.87. The monoisotopic (exact) mass is 575 g/mol. The zero-order valence-corrected chi connectivity index (χ0v) is 21.1. The molecule has 0 aliphatic carbocycles. The first-order chi connectivity index (χ1) is 13.7. The van der Waals surface area contributed by atoms with Gasteiger partial charge in [-0.15, -0.1) is 34.2 Å². The summed E-state index contributed by atoms with van der Waals surface area (Å²) in [6, 6.07) is 9.10. The fraction of sp³-hybridized carbons (Fsp3) is 0.550. The minimum Gasteiger partial charge on any atom is -0.356 e. The average molecular weight is 576 g/mol. The van der Waals surface area contributed by atoms with Crippen LogP contribution in [0.3, 0.4) is 0 Å². The molecule has 0 bridgehead atoms. The summed E-state index contributed by atoms with van der Waals surface area (Å²) in [6.07, 6.45) is 5.72. The van der Waals surface area contributed by atoms with Crippen molar-refractivity contribution >= 4 is 45.9 Å². The summed E-state index contributed by atoms with van der Waals surface area (Å²) in [6.45, 7) is 8.28. The molecule has 7 nitrogen and oxygen atoms in total. The first kappa shape index (κ1) is 24.1. The van der Waals surface area contributed by atoms with Crippen molar-refractivity contribution in [2.75, 3.05) is 39.8 Å². The zero-order valence-electron chi connectivity index (χ0n) is 17.2. The molecule has 3 rings (SSSR count). The Bertz CT molecular complexity index is 728. The van der Waals surface area contributed by atoms with Crippen LogP contribution < -0.4 is 5.32 Å². The second-order valence-corrected chi connectivity index (χ2v) is 8.05. The summed E-state index contributed by atoms with van der Waals surface area (Å²) >= 11 is 3.52. The summed E-state index contributed by atoms with van der Waals surface area (Å²) in [5.41, 5.74) is 1.37. The van der Waals surface area contributed by atoms with Crippen molar-refractivity contribution in [1.82, 2.24) is 29.9 Å². The molecule has 1 atom stereocenters. The molecule has 0 spiro atoms. The van der Waals surface area contributed by atoms with Gasteiger partial charge in [0.2, 0.25) is 0 Å². The van der Waals surface area contributed by atoms with Gasteiger partial charge in [-0.1, -0.05) is 28.1 Å². The number of nitrogens with one attached hydrogen (secondary N) is 1. The van der Waals surface area contributed by atoms with Gasteiger partial charge in [0.25, 0.3) is 0 Å². The number of nitrogens with zero attached hydrogens (tertiary/aromatic N) is 6. The second-order valence-electron chi connectivity index (χ2n) is 7.13. The van der Waals surface area contributed by atoms with E-state index in [1.165, 1.54) is 5.56 Å². The van der Waals surface area contributed by atoms with Gasteiger partial charge in [-0.2, -0.15) is 0 Å². The van der Waals surface area contributed by atoms with Crippen LogP contribution in [0.2, 0.25) is 0 Å². The predicted molar refractivity (Wildman–Crippen MR) is 132 cm³/mol. The van der Waals surface area contributed by atoms with Gasteiger partial charge in [0.1, 0.15) is 12.7 Å². The Morgan fingerprint density at radius 3 is 2.38 bits per heavy atom. The molecule has 0 amide bonds.